The van der Waals surface area contributed by atoms with Crippen LogP contribution in [0.1, 0.15) is 71.6 Å². The summed E-state index contributed by atoms with van der Waals surface area (Å²) in [5.41, 5.74) is 4.00. The third-order valence-electron chi connectivity index (χ3n) is 8.95. The van der Waals surface area contributed by atoms with E-state index < -0.39 is 9.73 Å². The van der Waals surface area contributed by atoms with Gasteiger partial charge in [-0.2, -0.15) is 0 Å². The molecule has 4 rings (SSSR count). The van der Waals surface area contributed by atoms with E-state index in [0.29, 0.717) is 33.8 Å². The van der Waals surface area contributed by atoms with Crippen molar-refractivity contribution < 1.29 is 9.32 Å². The standard InChI is InChI=1S/C29H41NO2S/c1-21(18-20-33(30,32)25-11-5-4-6-12-25)26-16-17-27-24(10-8-19-29(26,27)3)15-14-23-9-7-13-28(31)22(23)2/h4-6,11-12,14-15,21,26-28,30-31H,2,7-10,13,16-20H2,1,3H3/b23-14-,24-15+/t21-,26-,27+,28+,29-,33+/m1/s1. The van der Waals surface area contributed by atoms with E-state index in [0.717, 1.165) is 31.3 Å². The SMILES string of the molecule is C=C1/C(=C\C=C2/CCC[C@]3(C)[C@@H]([C@H](C)CC[S@](=N)(=O)c4ccccc4)CC[C@@H]23)CCC[C@@H]1O. The monoisotopic (exact) mass is 467 g/mol. The first kappa shape index (κ1) is 24.5. The molecule has 0 radical (unpaired) electrons. The molecule has 0 bridgehead atoms. The minimum Gasteiger partial charge on any atom is -0.388 e. The van der Waals surface area contributed by atoms with Crippen LogP contribution in [-0.4, -0.2) is 21.2 Å². The van der Waals surface area contributed by atoms with Crippen molar-refractivity contribution >= 4 is 9.73 Å². The summed E-state index contributed by atoms with van der Waals surface area (Å²) >= 11 is 0. The van der Waals surface area contributed by atoms with Crippen molar-refractivity contribution in [1.82, 2.24) is 0 Å². The van der Waals surface area contributed by atoms with Crippen LogP contribution in [0.2, 0.25) is 0 Å². The Hall–Kier alpha value is -1.65. The summed E-state index contributed by atoms with van der Waals surface area (Å²) in [6.07, 6.45) is 14.1. The summed E-state index contributed by atoms with van der Waals surface area (Å²) in [5, 5.41) is 10.2. The molecule has 180 valence electrons. The van der Waals surface area contributed by atoms with E-state index >= 15 is 0 Å². The second-order valence-electron chi connectivity index (χ2n) is 10.9. The van der Waals surface area contributed by atoms with Crippen LogP contribution in [0.4, 0.5) is 0 Å². The van der Waals surface area contributed by atoms with E-state index in [9.17, 15) is 9.32 Å². The number of allylic oxidation sites excluding steroid dienone is 3. The van der Waals surface area contributed by atoms with Crippen molar-refractivity contribution in [3.8, 4) is 0 Å². The maximum Gasteiger partial charge on any atom is 0.0787 e. The fraction of sp³-hybridized carbons (Fsp3) is 0.586. The van der Waals surface area contributed by atoms with Gasteiger partial charge in [0.15, 0.2) is 0 Å². The molecule has 6 atom stereocenters. The van der Waals surface area contributed by atoms with Gasteiger partial charge in [-0.25, -0.2) is 8.99 Å². The quantitative estimate of drug-likeness (QED) is 0.461. The molecule has 1 aromatic rings. The van der Waals surface area contributed by atoms with E-state index in [2.05, 4.69) is 32.6 Å². The molecule has 0 saturated heterocycles. The van der Waals surface area contributed by atoms with Crippen molar-refractivity contribution in [2.45, 2.75) is 82.6 Å². The summed E-state index contributed by atoms with van der Waals surface area (Å²) in [6.45, 7) is 8.95. The molecular weight excluding hydrogens is 426 g/mol. The Morgan fingerprint density at radius 2 is 1.94 bits per heavy atom. The van der Waals surface area contributed by atoms with Crippen LogP contribution in [-0.2, 0) is 9.73 Å². The van der Waals surface area contributed by atoms with Crippen molar-refractivity contribution in [2.75, 3.05) is 5.75 Å². The summed E-state index contributed by atoms with van der Waals surface area (Å²) < 4.78 is 21.5. The topological polar surface area (TPSA) is 61.2 Å². The second kappa shape index (κ2) is 9.92. The molecule has 3 saturated carbocycles. The van der Waals surface area contributed by atoms with Gasteiger partial charge in [-0.15, -0.1) is 0 Å². The van der Waals surface area contributed by atoms with Gasteiger partial charge in [-0.3, -0.25) is 0 Å². The maximum atomic E-state index is 13.0. The highest BCUT2D eigenvalue weighted by Gasteiger charge is 2.50. The zero-order valence-corrected chi connectivity index (χ0v) is 21.2. The minimum absolute atomic E-state index is 0.292. The van der Waals surface area contributed by atoms with Gasteiger partial charge in [-0.05, 0) is 104 Å². The van der Waals surface area contributed by atoms with Gasteiger partial charge in [0.05, 0.1) is 15.8 Å². The molecule has 3 aliphatic rings. The van der Waals surface area contributed by atoms with Crippen molar-refractivity contribution in [3.05, 3.63) is 65.8 Å². The lowest BCUT2D eigenvalue weighted by Gasteiger charge is -2.44. The first-order valence-electron chi connectivity index (χ1n) is 12.8. The molecule has 1 aromatic carbocycles. The van der Waals surface area contributed by atoms with Crippen molar-refractivity contribution in [2.24, 2.45) is 23.2 Å². The van der Waals surface area contributed by atoms with Crippen LogP contribution < -0.4 is 0 Å². The van der Waals surface area contributed by atoms with E-state index in [1.165, 1.54) is 37.7 Å². The molecule has 0 spiro atoms. The zero-order valence-electron chi connectivity index (χ0n) is 20.4. The summed E-state index contributed by atoms with van der Waals surface area (Å²) in [5.74, 6) is 2.17. The summed E-state index contributed by atoms with van der Waals surface area (Å²) in [4.78, 5) is 0.665. The van der Waals surface area contributed by atoms with Crippen LogP contribution in [0.15, 0.2) is 70.7 Å². The number of fused-ring (bicyclic) bond motifs is 1. The summed E-state index contributed by atoms with van der Waals surface area (Å²) in [6, 6.07) is 9.34. The molecule has 2 N–H and O–H groups in total. The van der Waals surface area contributed by atoms with Crippen molar-refractivity contribution in [3.63, 3.8) is 0 Å². The lowest BCUT2D eigenvalue weighted by Crippen LogP contribution is -2.36. The van der Waals surface area contributed by atoms with Gasteiger partial charge in [0.2, 0.25) is 0 Å². The predicted octanol–water partition coefficient (Wildman–Crippen LogP) is 7.29. The molecule has 4 heteroatoms. The summed E-state index contributed by atoms with van der Waals surface area (Å²) in [7, 11) is -2.72. The average molecular weight is 468 g/mol. The molecule has 3 aliphatic carbocycles. The third-order valence-corrected chi connectivity index (χ3v) is 10.8. The smallest absolute Gasteiger partial charge is 0.0787 e. The first-order valence-corrected chi connectivity index (χ1v) is 14.5. The Morgan fingerprint density at radius 1 is 1.18 bits per heavy atom. The lowest BCUT2D eigenvalue weighted by atomic mass is 9.61. The van der Waals surface area contributed by atoms with Crippen LogP contribution in [0.3, 0.4) is 0 Å². The van der Waals surface area contributed by atoms with Crippen LogP contribution in [0.5, 0.6) is 0 Å². The molecule has 0 aliphatic heterocycles. The second-order valence-corrected chi connectivity index (χ2v) is 13.2. The molecular formula is C29H41NO2S. The molecule has 0 heterocycles. The third kappa shape index (κ3) is 5.07. The van der Waals surface area contributed by atoms with Gasteiger partial charge >= 0.3 is 0 Å². The molecule has 3 nitrogen and oxygen atoms in total. The zero-order chi connectivity index (χ0) is 23.6. The number of hydrogen-bond acceptors (Lipinski definition) is 3. The molecule has 3 fully saturated rings. The van der Waals surface area contributed by atoms with Crippen LogP contribution >= 0.6 is 0 Å². The molecule has 0 unspecified atom stereocenters. The average Bonchev–Trinajstić information content (AvgIpc) is 3.17. The first-order chi connectivity index (χ1) is 15.7. The fourth-order valence-corrected chi connectivity index (χ4v) is 8.49. The van der Waals surface area contributed by atoms with E-state index in [-0.39, 0.29) is 6.10 Å². The Labute approximate surface area is 201 Å². The minimum atomic E-state index is -2.72. The number of aliphatic hydroxyl groups is 1. The number of aliphatic hydroxyl groups excluding tert-OH is 1. The van der Waals surface area contributed by atoms with E-state index in [4.69, 9.17) is 4.78 Å². The highest BCUT2D eigenvalue weighted by atomic mass is 32.2. The van der Waals surface area contributed by atoms with Gasteiger partial charge < -0.3 is 5.11 Å². The largest absolute Gasteiger partial charge is 0.388 e. The van der Waals surface area contributed by atoms with E-state index in [1.807, 2.05) is 30.3 Å². The Bertz CT molecular complexity index is 1020. The number of hydrogen-bond donors (Lipinski definition) is 2. The van der Waals surface area contributed by atoms with Gasteiger partial charge in [0, 0.05) is 10.6 Å². The lowest BCUT2D eigenvalue weighted by molar-refractivity contribution is 0.0964. The predicted molar refractivity (Wildman–Crippen MR) is 138 cm³/mol. The van der Waals surface area contributed by atoms with E-state index in [1.54, 1.807) is 5.57 Å². The highest BCUT2D eigenvalue weighted by molar-refractivity contribution is 7.92. The van der Waals surface area contributed by atoms with Gasteiger partial charge in [0.25, 0.3) is 0 Å². The Morgan fingerprint density at radius 3 is 2.70 bits per heavy atom. The molecule has 0 amide bonds. The molecule has 0 aromatic heterocycles. The highest BCUT2D eigenvalue weighted by Crippen LogP contribution is 2.59. The normalized spacial score (nSPS) is 35.4. The van der Waals surface area contributed by atoms with Gasteiger partial charge in [-0.1, -0.05) is 56.4 Å². The van der Waals surface area contributed by atoms with Crippen molar-refractivity contribution in [1.29, 1.82) is 4.78 Å². The number of rotatable bonds is 6. The van der Waals surface area contributed by atoms with Gasteiger partial charge in [0.1, 0.15) is 0 Å². The number of benzene rings is 1. The Balaban J connectivity index is 1.45. The Kier molecular flexibility index (Phi) is 7.35. The molecule has 33 heavy (non-hydrogen) atoms. The number of nitrogens with one attached hydrogen (secondary N) is 1. The van der Waals surface area contributed by atoms with Crippen LogP contribution in [0, 0.1) is 27.9 Å². The maximum absolute atomic E-state index is 13.0. The fourth-order valence-electron chi connectivity index (χ4n) is 6.96. The van der Waals surface area contributed by atoms with Crippen LogP contribution in [0.25, 0.3) is 0 Å².